The highest BCUT2D eigenvalue weighted by atomic mass is 16.5. The van der Waals surface area contributed by atoms with Gasteiger partial charge in [0.1, 0.15) is 11.6 Å². The van der Waals surface area contributed by atoms with Gasteiger partial charge in [-0.25, -0.2) is 4.98 Å². The zero-order valence-corrected chi connectivity index (χ0v) is 18.6. The van der Waals surface area contributed by atoms with E-state index in [-0.39, 0.29) is 17.5 Å². The topological polar surface area (TPSA) is 64.4 Å². The van der Waals surface area contributed by atoms with Crippen LogP contribution in [0.5, 0.6) is 5.75 Å². The van der Waals surface area contributed by atoms with Crippen molar-refractivity contribution >= 4 is 34.1 Å². The molecule has 164 valence electrons. The third kappa shape index (κ3) is 3.40. The van der Waals surface area contributed by atoms with Crippen LogP contribution in [-0.4, -0.2) is 28.6 Å². The molecule has 1 aliphatic heterocycles. The maximum absolute atomic E-state index is 13.6. The zero-order valence-electron chi connectivity index (χ0n) is 18.6. The molecule has 4 aromatic rings. The van der Waals surface area contributed by atoms with Gasteiger partial charge in [0.25, 0.3) is 11.5 Å². The van der Waals surface area contributed by atoms with Crippen molar-refractivity contribution in [2.75, 3.05) is 12.0 Å². The Hall–Kier alpha value is -4.19. The first-order chi connectivity index (χ1) is 16.0. The fourth-order valence-corrected chi connectivity index (χ4v) is 4.29. The lowest BCUT2D eigenvalue weighted by atomic mass is 10.1. The van der Waals surface area contributed by atoms with Crippen molar-refractivity contribution in [2.45, 2.75) is 19.9 Å². The second kappa shape index (κ2) is 8.06. The second-order valence-corrected chi connectivity index (χ2v) is 8.17. The summed E-state index contributed by atoms with van der Waals surface area (Å²) in [5.41, 5.74) is 3.19. The molecule has 5 rings (SSSR count). The van der Waals surface area contributed by atoms with E-state index in [0.717, 1.165) is 11.3 Å². The summed E-state index contributed by atoms with van der Waals surface area (Å²) in [4.78, 5) is 33.6. The van der Waals surface area contributed by atoms with Crippen molar-refractivity contribution in [1.82, 2.24) is 9.55 Å². The average molecular weight is 437 g/mol. The molecule has 0 radical (unpaired) electrons. The number of amides is 1. The summed E-state index contributed by atoms with van der Waals surface area (Å²) in [5, 5.41) is 0.504. The van der Waals surface area contributed by atoms with Gasteiger partial charge in [0.05, 0.1) is 35.0 Å². The molecule has 0 N–H and O–H groups in total. The zero-order chi connectivity index (χ0) is 23.1. The first-order valence-electron chi connectivity index (χ1n) is 10.8. The SMILES string of the molecule is COc1cccc(-n2c(C=C3C(=O)N(C(C)C)c4ccccc43)nc3ccccc3c2=O)c1. The third-order valence-electron chi connectivity index (χ3n) is 5.81. The van der Waals surface area contributed by atoms with Gasteiger partial charge in [-0.2, -0.15) is 0 Å². The first kappa shape index (κ1) is 20.7. The maximum Gasteiger partial charge on any atom is 0.266 e. The van der Waals surface area contributed by atoms with Gasteiger partial charge < -0.3 is 9.64 Å². The lowest BCUT2D eigenvalue weighted by Crippen LogP contribution is -2.33. The number of nitrogens with zero attached hydrogens (tertiary/aromatic N) is 3. The van der Waals surface area contributed by atoms with E-state index in [1.807, 2.05) is 68.4 Å². The monoisotopic (exact) mass is 437 g/mol. The van der Waals surface area contributed by atoms with Gasteiger partial charge in [-0.05, 0) is 50.3 Å². The van der Waals surface area contributed by atoms with Crippen LogP contribution in [0.25, 0.3) is 28.2 Å². The lowest BCUT2D eigenvalue weighted by molar-refractivity contribution is -0.113. The Balaban J connectivity index is 1.81. The minimum Gasteiger partial charge on any atom is -0.497 e. The van der Waals surface area contributed by atoms with Crippen molar-refractivity contribution in [1.29, 1.82) is 0 Å². The van der Waals surface area contributed by atoms with Crippen LogP contribution >= 0.6 is 0 Å². The molecule has 1 aromatic heterocycles. The summed E-state index contributed by atoms with van der Waals surface area (Å²) in [7, 11) is 1.58. The fraction of sp³-hybridized carbons (Fsp3) is 0.148. The van der Waals surface area contributed by atoms with Gasteiger partial charge in [0.15, 0.2) is 0 Å². The van der Waals surface area contributed by atoms with E-state index in [2.05, 4.69) is 0 Å². The number of hydrogen-bond donors (Lipinski definition) is 0. The van der Waals surface area contributed by atoms with E-state index in [1.165, 1.54) is 4.57 Å². The standard InChI is InChI=1S/C27H23N3O3/c1-17(2)29-24-14-7-5-11-20(24)22(27(29)32)16-25-28-23-13-6-4-12-21(23)26(31)30(25)18-9-8-10-19(15-18)33-3/h4-17H,1-3H3. The van der Waals surface area contributed by atoms with E-state index < -0.39 is 0 Å². The number of carbonyl (C=O) groups excluding carboxylic acids is 1. The smallest absolute Gasteiger partial charge is 0.266 e. The second-order valence-electron chi connectivity index (χ2n) is 8.17. The van der Waals surface area contributed by atoms with Crippen LogP contribution in [-0.2, 0) is 4.79 Å². The van der Waals surface area contributed by atoms with Crippen molar-refractivity contribution in [3.8, 4) is 11.4 Å². The molecule has 3 aromatic carbocycles. The number of methoxy groups -OCH3 is 1. The number of aromatic nitrogens is 2. The maximum atomic E-state index is 13.6. The highest BCUT2D eigenvalue weighted by Crippen LogP contribution is 2.38. The van der Waals surface area contributed by atoms with Gasteiger partial charge in [0.2, 0.25) is 0 Å². The van der Waals surface area contributed by atoms with E-state index in [0.29, 0.717) is 33.7 Å². The summed E-state index contributed by atoms with van der Waals surface area (Å²) >= 11 is 0. The first-order valence-corrected chi connectivity index (χ1v) is 10.8. The number of carbonyl (C=O) groups is 1. The van der Waals surface area contributed by atoms with Gasteiger partial charge in [-0.1, -0.05) is 36.4 Å². The van der Waals surface area contributed by atoms with Crippen LogP contribution in [0.3, 0.4) is 0 Å². The number of fused-ring (bicyclic) bond motifs is 2. The van der Waals surface area contributed by atoms with Gasteiger partial charge in [-0.15, -0.1) is 0 Å². The minimum absolute atomic E-state index is 0.00492. The van der Waals surface area contributed by atoms with Gasteiger partial charge in [-0.3, -0.25) is 14.2 Å². The molecule has 33 heavy (non-hydrogen) atoms. The molecule has 2 heterocycles. The normalized spacial score (nSPS) is 14.4. The molecule has 0 bridgehead atoms. The number of anilines is 1. The van der Waals surface area contributed by atoms with E-state index in [1.54, 1.807) is 36.3 Å². The summed E-state index contributed by atoms with van der Waals surface area (Å²) in [6.45, 7) is 3.97. The molecule has 0 saturated heterocycles. The molecule has 0 aliphatic carbocycles. The highest BCUT2D eigenvalue weighted by molar-refractivity contribution is 6.35. The molecule has 1 amide bonds. The molecule has 6 nitrogen and oxygen atoms in total. The Morgan fingerprint density at radius 2 is 1.70 bits per heavy atom. The predicted octanol–water partition coefficient (Wildman–Crippen LogP) is 4.69. The molecule has 0 fully saturated rings. The largest absolute Gasteiger partial charge is 0.497 e. The fourth-order valence-electron chi connectivity index (χ4n) is 4.29. The average Bonchev–Trinajstić information content (AvgIpc) is 3.10. The Kier molecular flexibility index (Phi) is 5.05. The van der Waals surface area contributed by atoms with E-state index >= 15 is 0 Å². The lowest BCUT2D eigenvalue weighted by Gasteiger charge is -2.21. The quantitative estimate of drug-likeness (QED) is 0.435. The number of para-hydroxylation sites is 2. The molecule has 0 atom stereocenters. The minimum atomic E-state index is -0.208. The Labute approximate surface area is 191 Å². The predicted molar refractivity (Wildman–Crippen MR) is 131 cm³/mol. The van der Waals surface area contributed by atoms with Crippen LogP contribution in [0, 0.1) is 0 Å². The summed E-state index contributed by atoms with van der Waals surface area (Å²) in [5.74, 6) is 0.904. The van der Waals surface area contributed by atoms with Gasteiger partial charge >= 0.3 is 0 Å². The van der Waals surface area contributed by atoms with Crippen molar-refractivity contribution < 1.29 is 9.53 Å². The highest BCUT2D eigenvalue weighted by Gasteiger charge is 2.34. The Bertz CT molecular complexity index is 1480. The van der Waals surface area contributed by atoms with Crippen LogP contribution in [0.1, 0.15) is 25.2 Å². The summed E-state index contributed by atoms with van der Waals surface area (Å²) < 4.78 is 6.90. The Morgan fingerprint density at radius 3 is 2.48 bits per heavy atom. The number of hydrogen-bond acceptors (Lipinski definition) is 4. The van der Waals surface area contributed by atoms with Gasteiger partial charge in [0, 0.05) is 17.7 Å². The molecule has 6 heteroatoms. The summed E-state index contributed by atoms with van der Waals surface area (Å²) in [6.07, 6.45) is 1.72. The molecule has 0 unspecified atom stereocenters. The van der Waals surface area contributed by atoms with Crippen LogP contribution in [0.4, 0.5) is 5.69 Å². The van der Waals surface area contributed by atoms with Crippen molar-refractivity contribution in [2.24, 2.45) is 0 Å². The molecule has 0 saturated carbocycles. The molecular weight excluding hydrogens is 414 g/mol. The third-order valence-corrected chi connectivity index (χ3v) is 5.81. The van der Waals surface area contributed by atoms with Crippen molar-refractivity contribution in [3.63, 3.8) is 0 Å². The molecular formula is C27H23N3O3. The van der Waals surface area contributed by atoms with Crippen LogP contribution in [0.15, 0.2) is 77.6 Å². The molecule has 0 spiro atoms. The van der Waals surface area contributed by atoms with Crippen LogP contribution in [0.2, 0.25) is 0 Å². The number of rotatable bonds is 4. The van der Waals surface area contributed by atoms with E-state index in [4.69, 9.17) is 9.72 Å². The van der Waals surface area contributed by atoms with Crippen LogP contribution < -0.4 is 15.2 Å². The van der Waals surface area contributed by atoms with Crippen molar-refractivity contribution in [3.05, 3.63) is 94.5 Å². The Morgan fingerprint density at radius 1 is 0.939 bits per heavy atom. The molecule has 1 aliphatic rings. The van der Waals surface area contributed by atoms with E-state index in [9.17, 15) is 9.59 Å². The number of ether oxygens (including phenoxy) is 1. The summed E-state index contributed by atoms with van der Waals surface area (Å²) in [6, 6.07) is 22.2. The number of benzene rings is 3.